The van der Waals surface area contributed by atoms with Gasteiger partial charge in [0.1, 0.15) is 12.1 Å². The van der Waals surface area contributed by atoms with E-state index in [0.717, 1.165) is 12.8 Å². The number of carbonyl (C=O) groups excluding carboxylic acids is 2. The fraction of sp³-hybridized carbons (Fsp3) is 0.750. The summed E-state index contributed by atoms with van der Waals surface area (Å²) in [5.74, 6) is -0.957. The topological polar surface area (TPSA) is 108 Å². The second-order valence-electron chi connectivity index (χ2n) is 5.73. The zero-order valence-corrected chi connectivity index (χ0v) is 14.6. The average molecular weight is 342 g/mol. The highest BCUT2D eigenvalue weighted by molar-refractivity contribution is 5.89. The summed E-state index contributed by atoms with van der Waals surface area (Å²) in [5, 5.41) is 14.1. The van der Waals surface area contributed by atoms with Crippen LogP contribution in [-0.4, -0.2) is 47.7 Å². The van der Waals surface area contributed by atoms with Crippen LogP contribution in [-0.2, 0) is 19.1 Å². The first-order valence-electron chi connectivity index (χ1n) is 8.27. The van der Waals surface area contributed by atoms with Crippen molar-refractivity contribution in [1.82, 2.24) is 5.32 Å². The van der Waals surface area contributed by atoms with Crippen molar-refractivity contribution in [2.75, 3.05) is 6.61 Å². The first kappa shape index (κ1) is 20.1. The van der Waals surface area contributed by atoms with E-state index < -0.39 is 29.1 Å². The quantitative estimate of drug-likeness (QED) is 0.408. The molecule has 1 aliphatic rings. The van der Waals surface area contributed by atoms with E-state index in [9.17, 15) is 19.7 Å². The SMILES string of the molecule is CCOC(=O)C1=C[C@@H](OC(CC)CC)[C@H](NC(C)=O)[C@@H]([N+](=O)[O-])C1. The number of hydrogen-bond donors (Lipinski definition) is 1. The van der Waals surface area contributed by atoms with Crippen LogP contribution in [0.15, 0.2) is 11.6 Å². The number of nitrogens with one attached hydrogen (secondary N) is 1. The summed E-state index contributed by atoms with van der Waals surface area (Å²) in [5.41, 5.74) is 0.219. The van der Waals surface area contributed by atoms with Gasteiger partial charge in [-0.05, 0) is 25.8 Å². The Morgan fingerprint density at radius 1 is 1.38 bits per heavy atom. The molecule has 0 radical (unpaired) electrons. The van der Waals surface area contributed by atoms with E-state index in [1.165, 1.54) is 6.92 Å². The van der Waals surface area contributed by atoms with Crippen molar-refractivity contribution in [3.8, 4) is 0 Å². The molecule has 8 heteroatoms. The number of esters is 1. The number of carbonyl (C=O) groups is 2. The Morgan fingerprint density at radius 3 is 2.46 bits per heavy atom. The Hall–Kier alpha value is -1.96. The van der Waals surface area contributed by atoms with Crippen LogP contribution in [0.25, 0.3) is 0 Å². The Balaban J connectivity index is 3.17. The van der Waals surface area contributed by atoms with E-state index in [0.29, 0.717) is 0 Å². The normalized spacial score (nSPS) is 23.5. The third-order valence-electron chi connectivity index (χ3n) is 4.00. The van der Waals surface area contributed by atoms with Gasteiger partial charge in [-0.3, -0.25) is 14.9 Å². The first-order valence-corrected chi connectivity index (χ1v) is 8.27. The standard InChI is InChI=1S/C16H26N2O6/c1-5-12(6-2)24-14-9-11(16(20)23-7-3)8-13(18(21)22)15(14)17-10(4)19/h9,12-15H,5-8H2,1-4H3,(H,17,19)/t13-,14+,15+/m0/s1. The van der Waals surface area contributed by atoms with Crippen molar-refractivity contribution in [1.29, 1.82) is 0 Å². The van der Waals surface area contributed by atoms with Crippen LogP contribution in [0.4, 0.5) is 0 Å². The summed E-state index contributed by atoms with van der Waals surface area (Å²) in [6.07, 6.45) is 2.05. The van der Waals surface area contributed by atoms with Gasteiger partial charge >= 0.3 is 5.97 Å². The van der Waals surface area contributed by atoms with Crippen molar-refractivity contribution in [3.63, 3.8) is 0 Å². The molecule has 0 bridgehead atoms. The molecule has 0 heterocycles. The molecule has 24 heavy (non-hydrogen) atoms. The van der Waals surface area contributed by atoms with Gasteiger partial charge in [-0.1, -0.05) is 13.8 Å². The van der Waals surface area contributed by atoms with Crippen molar-refractivity contribution in [2.45, 2.75) is 71.2 Å². The van der Waals surface area contributed by atoms with E-state index in [1.807, 2.05) is 13.8 Å². The van der Waals surface area contributed by atoms with Crippen LogP contribution in [0.1, 0.15) is 47.0 Å². The molecule has 0 fully saturated rings. The molecule has 0 unspecified atom stereocenters. The molecule has 0 aromatic rings. The van der Waals surface area contributed by atoms with Crippen LogP contribution >= 0.6 is 0 Å². The maximum atomic E-state index is 12.0. The minimum Gasteiger partial charge on any atom is -0.463 e. The molecule has 0 saturated carbocycles. The molecular formula is C16H26N2O6. The molecular weight excluding hydrogens is 316 g/mol. The molecule has 136 valence electrons. The second kappa shape index (κ2) is 9.36. The Labute approximate surface area is 141 Å². The van der Waals surface area contributed by atoms with Gasteiger partial charge in [-0.2, -0.15) is 0 Å². The molecule has 0 spiro atoms. The minimum atomic E-state index is -1.14. The molecule has 0 saturated heterocycles. The number of amides is 1. The molecule has 0 aromatic carbocycles. The number of nitrogens with zero attached hydrogens (tertiary/aromatic N) is 1. The van der Waals surface area contributed by atoms with E-state index in [-0.39, 0.29) is 30.6 Å². The fourth-order valence-corrected chi connectivity index (χ4v) is 2.76. The van der Waals surface area contributed by atoms with Crippen molar-refractivity contribution < 1.29 is 24.0 Å². The first-order chi connectivity index (χ1) is 11.3. The summed E-state index contributed by atoms with van der Waals surface area (Å²) in [4.78, 5) is 34.5. The zero-order valence-electron chi connectivity index (χ0n) is 14.6. The second-order valence-corrected chi connectivity index (χ2v) is 5.73. The van der Waals surface area contributed by atoms with Crippen LogP contribution in [0, 0.1) is 10.1 Å². The van der Waals surface area contributed by atoms with E-state index >= 15 is 0 Å². The van der Waals surface area contributed by atoms with Crippen molar-refractivity contribution in [3.05, 3.63) is 21.8 Å². The molecule has 1 N–H and O–H groups in total. The number of hydrogen-bond acceptors (Lipinski definition) is 6. The largest absolute Gasteiger partial charge is 0.463 e. The molecule has 1 aliphatic carbocycles. The van der Waals surface area contributed by atoms with Gasteiger partial charge in [-0.25, -0.2) is 4.79 Å². The third kappa shape index (κ3) is 5.30. The van der Waals surface area contributed by atoms with Crippen LogP contribution in [0.3, 0.4) is 0 Å². The highest BCUT2D eigenvalue weighted by Crippen LogP contribution is 2.26. The Morgan fingerprint density at radius 2 is 2.00 bits per heavy atom. The summed E-state index contributed by atoms with van der Waals surface area (Å²) in [6.45, 7) is 7.06. The zero-order chi connectivity index (χ0) is 18.3. The highest BCUT2D eigenvalue weighted by atomic mass is 16.6. The lowest BCUT2D eigenvalue weighted by Gasteiger charge is -2.34. The Bertz CT molecular complexity index is 501. The van der Waals surface area contributed by atoms with Gasteiger partial charge in [0.25, 0.3) is 0 Å². The number of nitro groups is 1. The van der Waals surface area contributed by atoms with Crippen LogP contribution in [0.2, 0.25) is 0 Å². The van der Waals surface area contributed by atoms with Gasteiger partial charge < -0.3 is 14.8 Å². The van der Waals surface area contributed by atoms with E-state index in [2.05, 4.69) is 5.32 Å². The summed E-state index contributed by atoms with van der Waals surface area (Å²) >= 11 is 0. The van der Waals surface area contributed by atoms with Gasteiger partial charge in [0.15, 0.2) is 0 Å². The van der Waals surface area contributed by atoms with Gasteiger partial charge in [-0.15, -0.1) is 0 Å². The maximum Gasteiger partial charge on any atom is 0.334 e. The van der Waals surface area contributed by atoms with E-state index in [1.54, 1.807) is 13.0 Å². The molecule has 1 amide bonds. The lowest BCUT2D eigenvalue weighted by atomic mass is 9.88. The predicted octanol–water partition coefficient (Wildman–Crippen LogP) is 1.60. The maximum absolute atomic E-state index is 12.0. The number of rotatable bonds is 8. The Kier molecular flexibility index (Phi) is 7.84. The summed E-state index contributed by atoms with van der Waals surface area (Å²) in [7, 11) is 0. The van der Waals surface area contributed by atoms with Crippen LogP contribution in [0.5, 0.6) is 0 Å². The highest BCUT2D eigenvalue weighted by Gasteiger charge is 2.44. The molecule has 3 atom stereocenters. The van der Waals surface area contributed by atoms with Gasteiger partial charge in [0.2, 0.25) is 11.9 Å². The van der Waals surface area contributed by atoms with Crippen molar-refractivity contribution >= 4 is 11.9 Å². The third-order valence-corrected chi connectivity index (χ3v) is 4.00. The minimum absolute atomic E-state index is 0.0977. The smallest absolute Gasteiger partial charge is 0.334 e. The lowest BCUT2D eigenvalue weighted by Crippen LogP contribution is -2.56. The predicted molar refractivity (Wildman–Crippen MR) is 87.0 cm³/mol. The molecule has 8 nitrogen and oxygen atoms in total. The van der Waals surface area contributed by atoms with Gasteiger partial charge in [0, 0.05) is 23.8 Å². The summed E-state index contributed by atoms with van der Waals surface area (Å²) < 4.78 is 10.9. The van der Waals surface area contributed by atoms with Crippen LogP contribution < -0.4 is 5.32 Å². The van der Waals surface area contributed by atoms with Crippen molar-refractivity contribution in [2.24, 2.45) is 0 Å². The molecule has 0 aromatic heterocycles. The lowest BCUT2D eigenvalue weighted by molar-refractivity contribution is -0.528. The molecule has 1 rings (SSSR count). The number of ether oxygens (including phenoxy) is 2. The fourth-order valence-electron chi connectivity index (χ4n) is 2.76. The average Bonchev–Trinajstić information content (AvgIpc) is 2.52. The molecule has 0 aliphatic heterocycles. The van der Waals surface area contributed by atoms with E-state index in [4.69, 9.17) is 9.47 Å². The monoisotopic (exact) mass is 342 g/mol. The summed E-state index contributed by atoms with van der Waals surface area (Å²) in [6, 6.07) is -1.96. The van der Waals surface area contributed by atoms with Gasteiger partial charge in [0.05, 0.1) is 12.7 Å².